The van der Waals surface area contributed by atoms with E-state index in [0.29, 0.717) is 34.8 Å². The Balaban J connectivity index is 1.47. The van der Waals surface area contributed by atoms with E-state index in [0.717, 1.165) is 57.5 Å². The molecule has 1 N–H and O–H groups in total. The van der Waals surface area contributed by atoms with Crippen LogP contribution in [-0.2, 0) is 18.9 Å². The van der Waals surface area contributed by atoms with Gasteiger partial charge in [-0.1, -0.05) is 6.07 Å². The van der Waals surface area contributed by atoms with E-state index in [1.54, 1.807) is 6.07 Å². The molecule has 1 saturated heterocycles. The zero-order valence-electron chi connectivity index (χ0n) is 23.7. The molecule has 0 bridgehead atoms. The number of fused-ring (bicyclic) bond motifs is 1. The van der Waals surface area contributed by atoms with E-state index in [1.165, 1.54) is 36.5 Å². The SMILES string of the molecule is CN(C)CCN1CCN(Cc2nc(Nc3ccc(C(F)(F)F)cc3)c3ccc(-c4ncccc4C(F)(F)F)cc3n2)CC1. The van der Waals surface area contributed by atoms with E-state index < -0.39 is 23.5 Å². The first-order chi connectivity index (χ1) is 20.4. The second-order valence-electron chi connectivity index (χ2n) is 10.7. The molecule has 0 atom stereocenters. The number of hydrogen-bond donors (Lipinski definition) is 1. The summed E-state index contributed by atoms with van der Waals surface area (Å²) in [6.07, 6.45) is -7.77. The standard InChI is InChI=1S/C30H31F6N7/c1-41(2)12-13-42-14-16-43(17-15-42)19-26-39-25-18-20(27-24(30(34,35)36)4-3-11-37-27)5-10-23(25)28(40-26)38-22-8-6-21(7-9-22)29(31,32)33/h3-11,18H,12-17,19H2,1-2H3,(H,38,39,40). The second-order valence-corrected chi connectivity index (χ2v) is 10.7. The summed E-state index contributed by atoms with van der Waals surface area (Å²) < 4.78 is 80.5. The molecule has 0 saturated carbocycles. The second kappa shape index (κ2) is 12.4. The third-order valence-electron chi connectivity index (χ3n) is 7.30. The Morgan fingerprint density at radius 2 is 1.53 bits per heavy atom. The molecule has 5 rings (SSSR count). The van der Waals surface area contributed by atoms with E-state index in [1.807, 2.05) is 14.1 Å². The van der Waals surface area contributed by atoms with Crippen molar-refractivity contribution in [2.75, 3.05) is 58.7 Å². The van der Waals surface area contributed by atoms with E-state index >= 15 is 0 Å². The van der Waals surface area contributed by atoms with Gasteiger partial charge in [-0.25, -0.2) is 9.97 Å². The third kappa shape index (κ3) is 7.59. The van der Waals surface area contributed by atoms with Crippen LogP contribution in [0.3, 0.4) is 0 Å². The monoisotopic (exact) mass is 603 g/mol. The van der Waals surface area contributed by atoms with E-state index in [-0.39, 0.29) is 11.3 Å². The summed E-state index contributed by atoms with van der Waals surface area (Å²) >= 11 is 0. The lowest BCUT2D eigenvalue weighted by Gasteiger charge is -2.34. The van der Waals surface area contributed by atoms with Crippen LogP contribution in [0.15, 0.2) is 60.8 Å². The predicted octanol–water partition coefficient (Wildman–Crippen LogP) is 6.15. The highest BCUT2D eigenvalue weighted by atomic mass is 19.4. The fourth-order valence-electron chi connectivity index (χ4n) is 4.95. The Labute approximate surface area is 245 Å². The lowest BCUT2D eigenvalue weighted by Crippen LogP contribution is -2.47. The van der Waals surface area contributed by atoms with Crippen molar-refractivity contribution in [1.82, 2.24) is 29.7 Å². The van der Waals surface area contributed by atoms with Gasteiger partial charge in [-0.05, 0) is 62.6 Å². The average Bonchev–Trinajstić information content (AvgIpc) is 2.96. The summed E-state index contributed by atoms with van der Waals surface area (Å²) in [5, 5.41) is 3.59. The molecular formula is C30H31F6N7. The molecule has 13 heteroatoms. The Hall–Kier alpha value is -3.81. The molecule has 1 fully saturated rings. The molecule has 228 valence electrons. The number of pyridine rings is 1. The van der Waals surface area contributed by atoms with E-state index in [2.05, 4.69) is 25.0 Å². The highest BCUT2D eigenvalue weighted by Crippen LogP contribution is 2.37. The molecule has 7 nitrogen and oxygen atoms in total. The first-order valence-corrected chi connectivity index (χ1v) is 13.7. The number of benzene rings is 2. The number of likely N-dealkylation sites (N-methyl/N-ethyl adjacent to an activating group) is 1. The quantitative estimate of drug-likeness (QED) is 0.243. The Bertz CT molecular complexity index is 1550. The summed E-state index contributed by atoms with van der Waals surface area (Å²) in [5.74, 6) is 0.783. The first kappa shape index (κ1) is 30.6. The molecule has 43 heavy (non-hydrogen) atoms. The van der Waals surface area contributed by atoms with Gasteiger partial charge in [0.25, 0.3) is 0 Å². The van der Waals surface area contributed by atoms with Gasteiger partial charge < -0.3 is 10.2 Å². The minimum absolute atomic E-state index is 0.219. The van der Waals surface area contributed by atoms with Crippen molar-refractivity contribution >= 4 is 22.4 Å². The molecule has 0 unspecified atom stereocenters. The van der Waals surface area contributed by atoms with Crippen LogP contribution in [0.2, 0.25) is 0 Å². The Morgan fingerprint density at radius 3 is 2.19 bits per heavy atom. The van der Waals surface area contributed by atoms with Gasteiger partial charge in [-0.3, -0.25) is 14.8 Å². The smallest absolute Gasteiger partial charge is 0.340 e. The van der Waals surface area contributed by atoms with Gasteiger partial charge in [-0.2, -0.15) is 26.3 Å². The van der Waals surface area contributed by atoms with Gasteiger partial charge in [0.1, 0.15) is 11.6 Å². The van der Waals surface area contributed by atoms with Gasteiger partial charge in [0.2, 0.25) is 0 Å². The largest absolute Gasteiger partial charge is 0.418 e. The lowest BCUT2D eigenvalue weighted by atomic mass is 10.0. The molecule has 3 heterocycles. The van der Waals surface area contributed by atoms with Crippen LogP contribution in [0.25, 0.3) is 22.2 Å². The fourth-order valence-corrected chi connectivity index (χ4v) is 4.95. The first-order valence-electron chi connectivity index (χ1n) is 13.7. The van der Waals surface area contributed by atoms with Crippen molar-refractivity contribution in [3.05, 3.63) is 77.7 Å². The molecule has 0 spiro atoms. The van der Waals surface area contributed by atoms with Crippen molar-refractivity contribution < 1.29 is 26.3 Å². The number of hydrogen-bond acceptors (Lipinski definition) is 7. The lowest BCUT2D eigenvalue weighted by molar-refractivity contribution is -0.138. The maximum atomic E-state index is 13.7. The maximum absolute atomic E-state index is 13.7. The van der Waals surface area contributed by atoms with Gasteiger partial charge in [-0.15, -0.1) is 0 Å². The van der Waals surface area contributed by atoms with Crippen molar-refractivity contribution in [2.24, 2.45) is 0 Å². The summed E-state index contributed by atoms with van der Waals surface area (Å²) in [4.78, 5) is 20.1. The third-order valence-corrected chi connectivity index (χ3v) is 7.30. The number of anilines is 2. The molecule has 1 aliphatic rings. The number of alkyl halides is 6. The van der Waals surface area contributed by atoms with Crippen molar-refractivity contribution in [2.45, 2.75) is 18.9 Å². The molecule has 2 aromatic carbocycles. The molecule has 0 aliphatic carbocycles. The van der Waals surface area contributed by atoms with Crippen LogP contribution in [-0.4, -0.2) is 83.0 Å². The fraction of sp³-hybridized carbons (Fsp3) is 0.367. The molecular weight excluding hydrogens is 572 g/mol. The zero-order valence-corrected chi connectivity index (χ0v) is 23.7. The van der Waals surface area contributed by atoms with Gasteiger partial charge in [0.05, 0.1) is 28.9 Å². The van der Waals surface area contributed by atoms with Crippen LogP contribution >= 0.6 is 0 Å². The van der Waals surface area contributed by atoms with Crippen molar-refractivity contribution in [3.8, 4) is 11.3 Å². The number of nitrogens with one attached hydrogen (secondary N) is 1. The van der Waals surface area contributed by atoms with Gasteiger partial charge >= 0.3 is 12.4 Å². The molecule has 4 aromatic rings. The maximum Gasteiger partial charge on any atom is 0.418 e. The summed E-state index contributed by atoms with van der Waals surface area (Å²) in [6, 6.07) is 11.4. The molecule has 2 aromatic heterocycles. The van der Waals surface area contributed by atoms with E-state index in [4.69, 9.17) is 9.97 Å². The average molecular weight is 604 g/mol. The molecule has 0 amide bonds. The molecule has 1 aliphatic heterocycles. The van der Waals surface area contributed by atoms with Crippen LogP contribution in [0.4, 0.5) is 37.8 Å². The van der Waals surface area contributed by atoms with Crippen molar-refractivity contribution in [3.63, 3.8) is 0 Å². The Kier molecular flexibility index (Phi) is 8.86. The highest BCUT2D eigenvalue weighted by Gasteiger charge is 2.34. The summed E-state index contributed by atoms with van der Waals surface area (Å²) in [7, 11) is 4.07. The number of nitrogens with zero attached hydrogens (tertiary/aromatic N) is 6. The zero-order chi connectivity index (χ0) is 30.8. The van der Waals surface area contributed by atoms with Crippen molar-refractivity contribution in [1.29, 1.82) is 0 Å². The number of rotatable bonds is 8. The van der Waals surface area contributed by atoms with Crippen LogP contribution in [0.1, 0.15) is 17.0 Å². The normalized spacial score (nSPS) is 15.4. The summed E-state index contributed by atoms with van der Waals surface area (Å²) in [6.45, 7) is 5.66. The van der Waals surface area contributed by atoms with Gasteiger partial charge in [0, 0.05) is 62.1 Å². The topological polar surface area (TPSA) is 60.4 Å². The van der Waals surface area contributed by atoms with Crippen LogP contribution < -0.4 is 5.32 Å². The van der Waals surface area contributed by atoms with Gasteiger partial charge in [0.15, 0.2) is 0 Å². The highest BCUT2D eigenvalue weighted by molar-refractivity contribution is 5.93. The van der Waals surface area contributed by atoms with E-state index in [9.17, 15) is 26.3 Å². The minimum Gasteiger partial charge on any atom is -0.340 e. The van der Waals surface area contributed by atoms with Crippen LogP contribution in [0, 0.1) is 0 Å². The number of halogens is 6. The van der Waals surface area contributed by atoms with Crippen LogP contribution in [0.5, 0.6) is 0 Å². The number of piperazine rings is 1. The minimum atomic E-state index is -4.60. The molecule has 0 radical (unpaired) electrons. The number of aromatic nitrogens is 3. The Morgan fingerprint density at radius 1 is 0.837 bits per heavy atom. The predicted molar refractivity (Wildman–Crippen MR) is 153 cm³/mol. The summed E-state index contributed by atoms with van der Waals surface area (Å²) in [5.41, 5.74) is -0.861.